The molecule has 3 aliphatic heterocycles. The topological polar surface area (TPSA) is 99.7 Å². The van der Waals surface area contributed by atoms with Crippen LogP contribution in [0.25, 0.3) is 0 Å². The fourth-order valence-corrected chi connectivity index (χ4v) is 6.82. The minimum Gasteiger partial charge on any atom is -0.505 e. The summed E-state index contributed by atoms with van der Waals surface area (Å²) < 4.78 is 14.2. The van der Waals surface area contributed by atoms with E-state index >= 15 is 0 Å². The standard InChI is InChI=1S/C26H37FN6O2/c1-2-15-10-24(35)20(27)11-19(15)16-3-4-18-22(9-16)30-31-25(18)26-28-21-5-6-33(14-23(21)29-26)17-12-32(13-17)7-8-34/h10-11,16-18,22,25,30-31,34-35H,2-9,12-14H2,1H3,(H,28,29). The van der Waals surface area contributed by atoms with E-state index in [-0.39, 0.29) is 18.4 Å². The van der Waals surface area contributed by atoms with Gasteiger partial charge in [-0.2, -0.15) is 0 Å². The number of phenols is 1. The molecule has 4 atom stereocenters. The number of halogens is 1. The first-order chi connectivity index (χ1) is 17.0. The van der Waals surface area contributed by atoms with E-state index in [4.69, 9.17) is 10.1 Å². The van der Waals surface area contributed by atoms with Crippen molar-refractivity contribution < 1.29 is 14.6 Å². The summed E-state index contributed by atoms with van der Waals surface area (Å²) in [5.41, 5.74) is 11.6. The number of benzene rings is 1. The number of hydrazine groups is 1. The zero-order valence-electron chi connectivity index (χ0n) is 20.4. The van der Waals surface area contributed by atoms with E-state index in [1.54, 1.807) is 12.1 Å². The highest BCUT2D eigenvalue weighted by Crippen LogP contribution is 2.44. The van der Waals surface area contributed by atoms with Gasteiger partial charge in [-0.05, 0) is 60.8 Å². The van der Waals surface area contributed by atoms with Gasteiger partial charge < -0.3 is 15.2 Å². The number of fused-ring (bicyclic) bond motifs is 2. The van der Waals surface area contributed by atoms with Crippen molar-refractivity contribution in [2.45, 2.75) is 69.6 Å². The molecule has 1 aliphatic carbocycles. The SMILES string of the molecule is CCc1cc(O)c(F)cc1C1CCC2C(C1)NNC2c1nc2c([nH]1)CN(C1CN(CCO)C1)CC2. The second-order valence-corrected chi connectivity index (χ2v) is 10.8. The Morgan fingerprint density at radius 2 is 2.06 bits per heavy atom. The van der Waals surface area contributed by atoms with Gasteiger partial charge in [-0.15, -0.1) is 0 Å². The lowest BCUT2D eigenvalue weighted by Gasteiger charge is -2.46. The minimum atomic E-state index is -0.520. The molecule has 2 saturated heterocycles. The number of aromatic amines is 1. The summed E-state index contributed by atoms with van der Waals surface area (Å²) in [6, 6.07) is 4.20. The van der Waals surface area contributed by atoms with Crippen LogP contribution in [0, 0.1) is 11.7 Å². The minimum absolute atomic E-state index is 0.158. The first-order valence-corrected chi connectivity index (χ1v) is 13.2. The van der Waals surface area contributed by atoms with E-state index < -0.39 is 5.82 Å². The third-order valence-corrected chi connectivity index (χ3v) is 8.83. The van der Waals surface area contributed by atoms with E-state index in [1.807, 2.05) is 0 Å². The Morgan fingerprint density at radius 1 is 1.20 bits per heavy atom. The van der Waals surface area contributed by atoms with Crippen LogP contribution in [0.5, 0.6) is 5.75 Å². The maximum Gasteiger partial charge on any atom is 0.165 e. The number of likely N-dealkylation sites (tertiary alicyclic amines) is 1. The van der Waals surface area contributed by atoms with Crippen LogP contribution < -0.4 is 10.9 Å². The number of β-amino-alcohol motifs (C(OH)–C–C–N with tert-alkyl or cyclic N) is 1. The summed E-state index contributed by atoms with van der Waals surface area (Å²) in [5, 5.41) is 18.9. The fourth-order valence-electron chi connectivity index (χ4n) is 6.82. The molecule has 2 aromatic rings. The van der Waals surface area contributed by atoms with Gasteiger partial charge in [-0.3, -0.25) is 15.2 Å². The number of H-pyrrole nitrogens is 1. The highest BCUT2D eigenvalue weighted by atomic mass is 19.1. The molecular weight excluding hydrogens is 447 g/mol. The number of phenolic OH excluding ortho intramolecular Hbond substituents is 1. The number of rotatable bonds is 6. The second-order valence-electron chi connectivity index (χ2n) is 10.8. The number of aryl methyl sites for hydroxylation is 1. The molecular formula is C26H37FN6O2. The number of nitrogens with zero attached hydrogens (tertiary/aromatic N) is 3. The third-order valence-electron chi connectivity index (χ3n) is 8.83. The molecule has 1 saturated carbocycles. The molecule has 6 rings (SSSR count). The van der Waals surface area contributed by atoms with E-state index in [2.05, 4.69) is 32.6 Å². The van der Waals surface area contributed by atoms with E-state index in [9.17, 15) is 9.50 Å². The van der Waals surface area contributed by atoms with Gasteiger partial charge in [0.05, 0.1) is 24.0 Å². The smallest absolute Gasteiger partial charge is 0.165 e. The number of aliphatic hydroxyl groups is 1. The molecule has 8 nitrogen and oxygen atoms in total. The van der Waals surface area contributed by atoms with Crippen LogP contribution in [0.2, 0.25) is 0 Å². The van der Waals surface area contributed by atoms with Crippen molar-refractivity contribution in [3.8, 4) is 5.75 Å². The Balaban J connectivity index is 1.12. The number of hydrogen-bond acceptors (Lipinski definition) is 7. The van der Waals surface area contributed by atoms with Crippen LogP contribution in [0.1, 0.15) is 66.5 Å². The largest absolute Gasteiger partial charge is 0.505 e. The first-order valence-electron chi connectivity index (χ1n) is 13.2. The monoisotopic (exact) mass is 484 g/mol. The Hall–Kier alpha value is -2.04. The number of hydrogen-bond donors (Lipinski definition) is 5. The van der Waals surface area contributed by atoms with Crippen molar-refractivity contribution in [3.63, 3.8) is 0 Å². The molecule has 5 N–H and O–H groups in total. The van der Waals surface area contributed by atoms with Gasteiger partial charge in [0, 0.05) is 51.2 Å². The summed E-state index contributed by atoms with van der Waals surface area (Å²) in [5.74, 6) is 1.00. The quantitative estimate of drug-likeness (QED) is 0.427. The van der Waals surface area contributed by atoms with Crippen molar-refractivity contribution in [1.29, 1.82) is 0 Å². The molecule has 1 aromatic heterocycles. The van der Waals surface area contributed by atoms with Crippen LogP contribution >= 0.6 is 0 Å². The summed E-state index contributed by atoms with van der Waals surface area (Å²) >= 11 is 0. The zero-order chi connectivity index (χ0) is 24.1. The lowest BCUT2D eigenvalue weighted by molar-refractivity contribution is 0.0160. The molecule has 4 heterocycles. The highest BCUT2D eigenvalue weighted by molar-refractivity contribution is 5.39. The Labute approximate surface area is 205 Å². The third kappa shape index (κ3) is 4.27. The summed E-state index contributed by atoms with van der Waals surface area (Å²) in [7, 11) is 0. The van der Waals surface area contributed by atoms with Crippen LogP contribution in [0.15, 0.2) is 12.1 Å². The average molecular weight is 485 g/mol. The van der Waals surface area contributed by atoms with Gasteiger partial charge in [-0.1, -0.05) is 6.92 Å². The molecule has 4 unspecified atom stereocenters. The Bertz CT molecular complexity index is 1070. The predicted octanol–water partition coefficient (Wildman–Crippen LogP) is 1.95. The number of aromatic nitrogens is 2. The second kappa shape index (κ2) is 9.44. The molecule has 9 heteroatoms. The lowest BCUT2D eigenvalue weighted by Crippen LogP contribution is -2.60. The lowest BCUT2D eigenvalue weighted by atomic mass is 9.73. The van der Waals surface area contributed by atoms with Gasteiger partial charge in [0.1, 0.15) is 5.82 Å². The molecule has 4 aliphatic rings. The Kier molecular flexibility index (Phi) is 6.30. The van der Waals surface area contributed by atoms with Gasteiger partial charge in [0.2, 0.25) is 0 Å². The molecule has 0 bridgehead atoms. The van der Waals surface area contributed by atoms with E-state index in [1.165, 1.54) is 11.4 Å². The molecule has 35 heavy (non-hydrogen) atoms. The van der Waals surface area contributed by atoms with Crippen LogP contribution in [0.4, 0.5) is 4.39 Å². The van der Waals surface area contributed by atoms with Crippen molar-refractivity contribution in [3.05, 3.63) is 46.3 Å². The van der Waals surface area contributed by atoms with Gasteiger partial charge in [-0.25, -0.2) is 14.8 Å². The predicted molar refractivity (Wildman–Crippen MR) is 130 cm³/mol. The number of aromatic hydroxyl groups is 1. The van der Waals surface area contributed by atoms with Crippen LogP contribution in [0.3, 0.4) is 0 Å². The van der Waals surface area contributed by atoms with E-state index in [0.717, 1.165) is 81.8 Å². The van der Waals surface area contributed by atoms with Gasteiger partial charge >= 0.3 is 0 Å². The highest BCUT2D eigenvalue weighted by Gasteiger charge is 2.43. The normalized spacial score (nSPS) is 29.7. The summed E-state index contributed by atoms with van der Waals surface area (Å²) in [6.07, 6.45) is 4.78. The number of aliphatic hydroxyl groups excluding tert-OH is 1. The van der Waals surface area contributed by atoms with Crippen LogP contribution in [-0.2, 0) is 19.4 Å². The molecule has 0 spiro atoms. The number of nitrogens with one attached hydrogen (secondary N) is 3. The molecule has 1 aromatic carbocycles. The molecule has 3 fully saturated rings. The van der Waals surface area contributed by atoms with Gasteiger partial charge in [0.25, 0.3) is 0 Å². The van der Waals surface area contributed by atoms with Crippen molar-refractivity contribution in [2.24, 2.45) is 5.92 Å². The van der Waals surface area contributed by atoms with Crippen molar-refractivity contribution >= 4 is 0 Å². The average Bonchev–Trinajstić information content (AvgIpc) is 3.45. The number of imidazole rings is 1. The summed E-state index contributed by atoms with van der Waals surface area (Å²) in [6.45, 7) is 7.11. The maximum absolute atomic E-state index is 14.2. The molecule has 0 radical (unpaired) electrons. The maximum atomic E-state index is 14.2. The van der Waals surface area contributed by atoms with E-state index in [0.29, 0.717) is 23.9 Å². The zero-order valence-corrected chi connectivity index (χ0v) is 20.4. The van der Waals surface area contributed by atoms with Gasteiger partial charge in [0.15, 0.2) is 11.6 Å². The molecule has 0 amide bonds. The fraction of sp³-hybridized carbons (Fsp3) is 0.654. The first kappa shape index (κ1) is 23.4. The van der Waals surface area contributed by atoms with Crippen molar-refractivity contribution in [1.82, 2.24) is 30.6 Å². The summed E-state index contributed by atoms with van der Waals surface area (Å²) in [4.78, 5) is 13.5. The Morgan fingerprint density at radius 3 is 2.86 bits per heavy atom. The molecule has 190 valence electrons. The van der Waals surface area contributed by atoms with Crippen molar-refractivity contribution in [2.75, 3.05) is 32.8 Å². The van der Waals surface area contributed by atoms with Crippen LogP contribution in [-0.4, -0.2) is 74.9 Å².